The molecule has 0 bridgehead atoms. The second kappa shape index (κ2) is 13.7. The highest BCUT2D eigenvalue weighted by Gasteiger charge is 2.36. The summed E-state index contributed by atoms with van der Waals surface area (Å²) in [7, 11) is 1.49. The van der Waals surface area contributed by atoms with Crippen LogP contribution in [0.3, 0.4) is 0 Å². The summed E-state index contributed by atoms with van der Waals surface area (Å²) in [4.78, 5) is 17.6. The van der Waals surface area contributed by atoms with Crippen LogP contribution in [0.5, 0.6) is 5.75 Å². The van der Waals surface area contributed by atoms with E-state index in [2.05, 4.69) is 17.2 Å². The van der Waals surface area contributed by atoms with Crippen molar-refractivity contribution < 1.29 is 31.1 Å². The third kappa shape index (κ3) is 8.15. The molecule has 37 heavy (non-hydrogen) atoms. The Balaban J connectivity index is 0.00000153. The van der Waals surface area contributed by atoms with Gasteiger partial charge in [0.1, 0.15) is 17.3 Å². The maximum Gasteiger partial charge on any atom is 0.391 e. The number of carbonyl (C=O) groups excluding carboxylic acids is 1. The van der Waals surface area contributed by atoms with E-state index in [1.54, 1.807) is 18.2 Å². The predicted octanol–water partition coefficient (Wildman–Crippen LogP) is 5.38. The molecule has 1 fully saturated rings. The number of aromatic nitrogens is 2. The largest absolute Gasteiger partial charge is 0.495 e. The van der Waals surface area contributed by atoms with E-state index in [0.717, 1.165) is 18.8 Å². The number of nitrogens with zero attached hydrogens (tertiary/aromatic N) is 2. The number of aryl methyl sites for hydroxylation is 1. The van der Waals surface area contributed by atoms with Gasteiger partial charge in [0.15, 0.2) is 0 Å². The molecule has 1 N–H and O–H groups in total. The SMILES string of the molecule is CCc1nc(C(=O)NCC2CCC(C)CC2)c(C)n1-c1ccc(CC(C)C(F)(F)F)cc1OC.O=S=O. The van der Waals surface area contributed by atoms with Crippen LogP contribution in [-0.4, -0.2) is 43.7 Å². The quantitative estimate of drug-likeness (QED) is 0.483. The summed E-state index contributed by atoms with van der Waals surface area (Å²) in [5, 5.41) is 3.06. The van der Waals surface area contributed by atoms with Crippen molar-refractivity contribution in [2.45, 2.75) is 72.4 Å². The first-order valence-corrected chi connectivity index (χ1v) is 13.2. The minimum absolute atomic E-state index is 0.128. The van der Waals surface area contributed by atoms with Crippen LogP contribution in [0.25, 0.3) is 5.69 Å². The molecule has 0 aliphatic heterocycles. The standard InChI is InChI=1S/C26H36F3N3O2.O2S/c1-6-23-31-24(25(33)30-15-19-9-7-16(2)8-10-19)18(4)32(23)21-12-11-20(14-22(21)34-5)13-17(3)26(27,28)29;1-3-2/h11-12,14,16-17,19H,6-10,13,15H2,1-5H3,(H,30,33);. The van der Waals surface area contributed by atoms with E-state index in [1.807, 2.05) is 18.4 Å². The Morgan fingerprint density at radius 1 is 1.24 bits per heavy atom. The van der Waals surface area contributed by atoms with Crippen LogP contribution < -0.4 is 10.1 Å². The Hall–Kier alpha value is -2.69. The monoisotopic (exact) mass is 543 g/mol. The second-order valence-electron chi connectivity index (χ2n) is 9.71. The first-order chi connectivity index (χ1) is 17.5. The normalized spacial score (nSPS) is 18.4. The molecule has 1 amide bonds. The number of imidazole rings is 1. The molecule has 0 saturated heterocycles. The molecule has 0 radical (unpaired) electrons. The third-order valence-corrected chi connectivity index (χ3v) is 6.98. The number of hydrogen-bond donors (Lipinski definition) is 1. The first-order valence-electron chi connectivity index (χ1n) is 12.5. The number of nitrogens with one attached hydrogen (secondary N) is 1. The fraction of sp³-hybridized carbons (Fsp3) is 0.615. The molecule has 0 spiro atoms. The third-order valence-electron chi connectivity index (χ3n) is 6.98. The number of halogens is 3. The molecular formula is C26H36F3N3O4S. The van der Waals surface area contributed by atoms with E-state index in [1.165, 1.54) is 26.9 Å². The van der Waals surface area contributed by atoms with E-state index in [-0.39, 0.29) is 12.3 Å². The molecule has 1 atom stereocenters. The van der Waals surface area contributed by atoms with Crippen molar-refractivity contribution in [2.75, 3.05) is 13.7 Å². The lowest BCUT2D eigenvalue weighted by atomic mass is 9.83. The number of methoxy groups -OCH3 is 1. The Morgan fingerprint density at radius 3 is 2.41 bits per heavy atom. The molecule has 11 heteroatoms. The zero-order chi connectivity index (χ0) is 27.8. The van der Waals surface area contributed by atoms with Crippen LogP contribution in [0.1, 0.15) is 74.0 Å². The lowest BCUT2D eigenvalue weighted by Crippen LogP contribution is -2.31. The van der Waals surface area contributed by atoms with Gasteiger partial charge in [0.25, 0.3) is 5.91 Å². The Labute approximate surface area is 219 Å². The smallest absolute Gasteiger partial charge is 0.391 e. The van der Waals surface area contributed by atoms with Crippen molar-refractivity contribution in [3.8, 4) is 11.4 Å². The number of alkyl halides is 3. The molecule has 1 aliphatic rings. The van der Waals surface area contributed by atoms with Gasteiger partial charge < -0.3 is 10.1 Å². The Kier molecular flexibility index (Phi) is 11.3. The summed E-state index contributed by atoms with van der Waals surface area (Å²) in [5.41, 5.74) is 2.26. The second-order valence-corrected chi connectivity index (χ2v) is 9.84. The van der Waals surface area contributed by atoms with Gasteiger partial charge in [-0.15, -0.1) is 0 Å². The minimum atomic E-state index is -4.25. The summed E-state index contributed by atoms with van der Waals surface area (Å²) in [6, 6.07) is 5.07. The summed E-state index contributed by atoms with van der Waals surface area (Å²) >= 11 is -0.750. The minimum Gasteiger partial charge on any atom is -0.495 e. The highest BCUT2D eigenvalue weighted by atomic mass is 32.1. The summed E-state index contributed by atoms with van der Waals surface area (Å²) in [5.74, 6) is 0.759. The molecule has 1 saturated carbocycles. The van der Waals surface area contributed by atoms with Crippen molar-refractivity contribution in [1.29, 1.82) is 0 Å². The Morgan fingerprint density at radius 2 is 1.86 bits per heavy atom. The van der Waals surface area contributed by atoms with Gasteiger partial charge in [-0.3, -0.25) is 9.36 Å². The van der Waals surface area contributed by atoms with Gasteiger partial charge in [0.05, 0.1) is 24.4 Å². The van der Waals surface area contributed by atoms with Gasteiger partial charge >= 0.3 is 17.7 Å². The van der Waals surface area contributed by atoms with Crippen molar-refractivity contribution in [3.05, 3.63) is 41.0 Å². The molecule has 7 nitrogen and oxygen atoms in total. The first kappa shape index (κ1) is 30.5. The average molecular weight is 544 g/mol. The van der Waals surface area contributed by atoms with Crippen LogP contribution in [0.4, 0.5) is 13.2 Å². The van der Waals surface area contributed by atoms with E-state index < -0.39 is 23.7 Å². The fourth-order valence-electron chi connectivity index (χ4n) is 4.69. The summed E-state index contributed by atoms with van der Waals surface area (Å²) in [6.45, 7) is 7.88. The van der Waals surface area contributed by atoms with Gasteiger partial charge in [-0.05, 0) is 55.7 Å². The van der Waals surface area contributed by atoms with Crippen LogP contribution in [-0.2, 0) is 24.4 Å². The number of amides is 1. The van der Waals surface area contributed by atoms with Crippen LogP contribution in [0.2, 0.25) is 0 Å². The molecule has 2 aromatic rings. The van der Waals surface area contributed by atoms with Crippen molar-refractivity contribution in [1.82, 2.24) is 14.9 Å². The van der Waals surface area contributed by atoms with E-state index in [4.69, 9.17) is 13.2 Å². The zero-order valence-corrected chi connectivity index (χ0v) is 22.8. The van der Waals surface area contributed by atoms with E-state index in [9.17, 15) is 18.0 Å². The highest BCUT2D eigenvalue weighted by molar-refractivity contribution is 7.51. The lowest BCUT2D eigenvalue weighted by Gasteiger charge is -2.26. The van der Waals surface area contributed by atoms with Crippen LogP contribution >= 0.6 is 0 Å². The zero-order valence-electron chi connectivity index (χ0n) is 22.0. The van der Waals surface area contributed by atoms with Crippen molar-refractivity contribution >= 4 is 17.5 Å². The number of carbonyl (C=O) groups is 1. The van der Waals surface area contributed by atoms with Crippen molar-refractivity contribution in [3.63, 3.8) is 0 Å². The topological polar surface area (TPSA) is 90.3 Å². The van der Waals surface area contributed by atoms with E-state index >= 15 is 0 Å². The van der Waals surface area contributed by atoms with Gasteiger partial charge in [0, 0.05) is 13.0 Å². The van der Waals surface area contributed by atoms with Crippen molar-refractivity contribution in [2.24, 2.45) is 17.8 Å². The molecule has 206 valence electrons. The molecule has 1 aliphatic carbocycles. The van der Waals surface area contributed by atoms with Crippen LogP contribution in [0.15, 0.2) is 18.2 Å². The maximum atomic E-state index is 13.0. The molecule has 1 aromatic carbocycles. The van der Waals surface area contributed by atoms with Gasteiger partial charge in [0.2, 0.25) is 0 Å². The molecule has 1 heterocycles. The lowest BCUT2D eigenvalue weighted by molar-refractivity contribution is -0.169. The highest BCUT2D eigenvalue weighted by Crippen LogP contribution is 2.33. The summed E-state index contributed by atoms with van der Waals surface area (Å²) in [6.07, 6.45) is 0.872. The molecule has 3 rings (SSSR count). The van der Waals surface area contributed by atoms with Gasteiger partial charge in [-0.2, -0.15) is 21.6 Å². The fourth-order valence-corrected chi connectivity index (χ4v) is 4.69. The number of ether oxygens (including phenoxy) is 1. The van der Waals surface area contributed by atoms with Gasteiger partial charge in [-0.25, -0.2) is 4.98 Å². The maximum absolute atomic E-state index is 13.0. The van der Waals surface area contributed by atoms with Crippen LogP contribution in [0, 0.1) is 24.7 Å². The molecular weight excluding hydrogens is 507 g/mol. The molecule has 1 aromatic heterocycles. The predicted molar refractivity (Wildman–Crippen MR) is 136 cm³/mol. The average Bonchev–Trinajstić information content (AvgIpc) is 3.19. The van der Waals surface area contributed by atoms with E-state index in [0.29, 0.717) is 53.1 Å². The number of hydrogen-bond acceptors (Lipinski definition) is 5. The Bertz CT molecular complexity index is 1090. The summed E-state index contributed by atoms with van der Waals surface area (Å²) < 4.78 is 63.0. The van der Waals surface area contributed by atoms with Gasteiger partial charge in [-0.1, -0.05) is 39.7 Å². The molecule has 1 unspecified atom stereocenters. The number of rotatable bonds is 8. The number of benzene rings is 1.